The van der Waals surface area contributed by atoms with Gasteiger partial charge >= 0.3 is 0 Å². The third-order valence-electron chi connectivity index (χ3n) is 2.71. The van der Waals surface area contributed by atoms with E-state index in [9.17, 15) is 9.50 Å². The van der Waals surface area contributed by atoms with Crippen LogP contribution in [0.4, 0.5) is 4.39 Å². The molecule has 1 aromatic rings. The molecule has 2 nitrogen and oxygen atoms in total. The maximum atomic E-state index is 13.4. The lowest BCUT2D eigenvalue weighted by molar-refractivity contribution is -0.0195. The Morgan fingerprint density at radius 1 is 1.54 bits per heavy atom. The zero-order valence-corrected chi connectivity index (χ0v) is 7.20. The van der Waals surface area contributed by atoms with Crippen molar-refractivity contribution in [2.75, 3.05) is 6.54 Å². The lowest BCUT2D eigenvalue weighted by Gasteiger charge is -2.24. The fourth-order valence-electron chi connectivity index (χ4n) is 1.89. The summed E-state index contributed by atoms with van der Waals surface area (Å²) in [6.07, 6.45) is -1.00. The van der Waals surface area contributed by atoms with Gasteiger partial charge in [0.25, 0.3) is 0 Å². The van der Waals surface area contributed by atoms with E-state index in [0.717, 1.165) is 5.56 Å². The fourth-order valence-corrected chi connectivity index (χ4v) is 1.89. The molecule has 3 N–H and O–H groups in total. The zero-order valence-electron chi connectivity index (χ0n) is 7.20. The Morgan fingerprint density at radius 3 is 2.92 bits per heavy atom. The molecule has 2 rings (SSSR count). The molecular formula is C10H12FNO. The minimum atomic E-state index is -1.46. The van der Waals surface area contributed by atoms with E-state index in [2.05, 4.69) is 0 Å². The van der Waals surface area contributed by atoms with Crippen LogP contribution in [0.3, 0.4) is 0 Å². The van der Waals surface area contributed by atoms with E-state index in [4.69, 9.17) is 5.73 Å². The molecule has 0 spiro atoms. The van der Waals surface area contributed by atoms with Crippen molar-refractivity contribution in [3.63, 3.8) is 0 Å². The molecule has 0 amide bonds. The van der Waals surface area contributed by atoms with Crippen LogP contribution in [0.5, 0.6) is 0 Å². The average molecular weight is 181 g/mol. The summed E-state index contributed by atoms with van der Waals surface area (Å²) in [6.45, 7) is -0.0643. The van der Waals surface area contributed by atoms with E-state index in [0.29, 0.717) is 5.56 Å². The van der Waals surface area contributed by atoms with E-state index >= 15 is 0 Å². The third kappa shape index (κ3) is 1.08. The van der Waals surface area contributed by atoms with Crippen molar-refractivity contribution in [3.05, 3.63) is 35.4 Å². The monoisotopic (exact) mass is 181 g/mol. The van der Waals surface area contributed by atoms with Gasteiger partial charge in [-0.2, -0.15) is 0 Å². The molecule has 70 valence electrons. The van der Waals surface area contributed by atoms with Crippen molar-refractivity contribution in [1.29, 1.82) is 0 Å². The van der Waals surface area contributed by atoms with Crippen molar-refractivity contribution >= 4 is 0 Å². The number of halogens is 1. The summed E-state index contributed by atoms with van der Waals surface area (Å²) in [5.74, 6) is 0. The molecule has 1 aliphatic rings. The maximum absolute atomic E-state index is 13.4. The zero-order chi connectivity index (χ0) is 9.47. The van der Waals surface area contributed by atoms with E-state index in [1.54, 1.807) is 12.1 Å². The minimum absolute atomic E-state index is 0.0643. The first-order valence-corrected chi connectivity index (χ1v) is 4.33. The lowest BCUT2D eigenvalue weighted by atomic mass is 9.95. The Bertz CT molecular complexity index is 328. The van der Waals surface area contributed by atoms with Crippen molar-refractivity contribution in [1.82, 2.24) is 0 Å². The van der Waals surface area contributed by atoms with Crippen LogP contribution < -0.4 is 5.73 Å². The molecule has 0 bridgehead atoms. The molecule has 1 aromatic carbocycles. The van der Waals surface area contributed by atoms with Gasteiger partial charge in [-0.15, -0.1) is 0 Å². The van der Waals surface area contributed by atoms with Crippen LogP contribution in [0.15, 0.2) is 24.3 Å². The summed E-state index contributed by atoms with van der Waals surface area (Å²) in [4.78, 5) is 0. The normalized spacial score (nSPS) is 31.8. The highest BCUT2D eigenvalue weighted by Gasteiger charge is 2.44. The van der Waals surface area contributed by atoms with E-state index in [-0.39, 0.29) is 13.0 Å². The number of hydrogen-bond acceptors (Lipinski definition) is 2. The second kappa shape index (κ2) is 2.79. The summed E-state index contributed by atoms with van der Waals surface area (Å²) < 4.78 is 13.4. The van der Waals surface area contributed by atoms with Gasteiger partial charge in [-0.1, -0.05) is 24.3 Å². The summed E-state index contributed by atoms with van der Waals surface area (Å²) >= 11 is 0. The molecule has 0 fully saturated rings. The Hall–Kier alpha value is -0.930. The largest absolute Gasteiger partial charge is 0.381 e. The van der Waals surface area contributed by atoms with Gasteiger partial charge in [-0.05, 0) is 11.1 Å². The molecule has 0 heterocycles. The molecule has 0 saturated carbocycles. The molecular weight excluding hydrogens is 169 g/mol. The van der Waals surface area contributed by atoms with Gasteiger partial charge in [-0.25, -0.2) is 4.39 Å². The Labute approximate surface area is 76.2 Å². The SMILES string of the molecule is NC[C@@]1(O)c2ccccc2C[C@@H]1F. The second-order valence-corrected chi connectivity index (χ2v) is 3.46. The van der Waals surface area contributed by atoms with Crippen LogP contribution in [0.25, 0.3) is 0 Å². The summed E-state index contributed by atoms with van der Waals surface area (Å²) in [6, 6.07) is 7.20. The van der Waals surface area contributed by atoms with Gasteiger partial charge in [-0.3, -0.25) is 0 Å². The van der Waals surface area contributed by atoms with Crippen LogP contribution in [0.2, 0.25) is 0 Å². The van der Waals surface area contributed by atoms with Gasteiger partial charge in [0.2, 0.25) is 0 Å². The number of alkyl halides is 1. The van der Waals surface area contributed by atoms with Crippen molar-refractivity contribution in [2.24, 2.45) is 5.73 Å². The van der Waals surface area contributed by atoms with Gasteiger partial charge in [0.05, 0.1) is 0 Å². The Kier molecular flexibility index (Phi) is 1.86. The van der Waals surface area contributed by atoms with E-state index < -0.39 is 11.8 Å². The van der Waals surface area contributed by atoms with E-state index in [1.165, 1.54) is 0 Å². The van der Waals surface area contributed by atoms with Gasteiger partial charge < -0.3 is 10.8 Å². The first-order chi connectivity index (χ1) is 6.18. The van der Waals surface area contributed by atoms with Crippen molar-refractivity contribution in [2.45, 2.75) is 18.2 Å². The highest BCUT2D eigenvalue weighted by atomic mass is 19.1. The number of hydrogen-bond donors (Lipinski definition) is 2. The summed E-state index contributed by atoms with van der Waals surface area (Å²) in [5.41, 5.74) is 5.43. The molecule has 0 unspecified atom stereocenters. The number of fused-ring (bicyclic) bond motifs is 1. The molecule has 0 radical (unpaired) electrons. The van der Waals surface area contributed by atoms with Crippen LogP contribution in [0.1, 0.15) is 11.1 Å². The number of nitrogens with two attached hydrogens (primary N) is 1. The smallest absolute Gasteiger partial charge is 0.138 e. The molecule has 0 saturated heterocycles. The molecule has 3 heteroatoms. The number of benzene rings is 1. The number of aliphatic hydroxyl groups is 1. The Morgan fingerprint density at radius 2 is 2.23 bits per heavy atom. The van der Waals surface area contributed by atoms with Gasteiger partial charge in [0.15, 0.2) is 0 Å². The topological polar surface area (TPSA) is 46.2 Å². The van der Waals surface area contributed by atoms with Gasteiger partial charge in [0, 0.05) is 13.0 Å². The molecule has 13 heavy (non-hydrogen) atoms. The summed E-state index contributed by atoms with van der Waals surface area (Å²) in [7, 11) is 0. The van der Waals surface area contributed by atoms with E-state index in [1.807, 2.05) is 12.1 Å². The molecule has 2 atom stereocenters. The molecule has 0 aliphatic heterocycles. The van der Waals surface area contributed by atoms with Crippen LogP contribution in [-0.4, -0.2) is 17.8 Å². The number of rotatable bonds is 1. The van der Waals surface area contributed by atoms with Crippen LogP contribution in [-0.2, 0) is 12.0 Å². The van der Waals surface area contributed by atoms with Crippen molar-refractivity contribution < 1.29 is 9.50 Å². The first kappa shape index (κ1) is 8.66. The highest BCUT2D eigenvalue weighted by molar-refractivity contribution is 5.39. The minimum Gasteiger partial charge on any atom is -0.381 e. The first-order valence-electron chi connectivity index (χ1n) is 4.33. The average Bonchev–Trinajstić information content (AvgIpc) is 2.41. The van der Waals surface area contributed by atoms with Crippen LogP contribution >= 0.6 is 0 Å². The molecule has 1 aliphatic carbocycles. The lowest BCUT2D eigenvalue weighted by Crippen LogP contribution is -2.40. The summed E-state index contributed by atoms with van der Waals surface area (Å²) in [5, 5.41) is 9.92. The van der Waals surface area contributed by atoms with Gasteiger partial charge in [0.1, 0.15) is 11.8 Å². The standard InChI is InChI=1S/C10H12FNO/c11-9-5-7-3-1-2-4-8(7)10(9,13)6-12/h1-4,9,13H,5-6,12H2/t9-,10+/m0/s1. The third-order valence-corrected chi connectivity index (χ3v) is 2.71. The Balaban J connectivity index is 2.52. The quantitative estimate of drug-likeness (QED) is 0.670. The maximum Gasteiger partial charge on any atom is 0.138 e. The predicted octanol–water partition coefficient (Wildman–Crippen LogP) is 0.727. The van der Waals surface area contributed by atoms with Crippen LogP contribution in [0, 0.1) is 0 Å². The highest BCUT2D eigenvalue weighted by Crippen LogP contribution is 2.37. The predicted molar refractivity (Wildman–Crippen MR) is 48.0 cm³/mol. The van der Waals surface area contributed by atoms with Crippen molar-refractivity contribution in [3.8, 4) is 0 Å². The second-order valence-electron chi connectivity index (χ2n) is 3.46. The fraction of sp³-hybridized carbons (Fsp3) is 0.400. The molecule has 0 aromatic heterocycles.